The standard InChI is InChI=1S/C25H28N2O3S/c1-19-13-15-21(16-14-19)9-7-17-26-25(28)22-10-6-11-23(18-22)31(29,30)27(3)24-12-5-4-8-20(24)2/h4-6,8,10-16,18H,7,9,17H2,1-3H3,(H,26,28). The molecule has 1 N–H and O–H groups in total. The number of sulfonamides is 1. The van der Waals surface area contributed by atoms with Crippen molar-refractivity contribution in [1.82, 2.24) is 5.32 Å². The Morgan fingerprint density at radius 1 is 0.935 bits per heavy atom. The van der Waals surface area contributed by atoms with Gasteiger partial charge in [-0.15, -0.1) is 0 Å². The Labute approximate surface area is 184 Å². The van der Waals surface area contributed by atoms with Crippen molar-refractivity contribution in [3.05, 3.63) is 95.1 Å². The second-order valence-corrected chi connectivity index (χ2v) is 9.60. The van der Waals surface area contributed by atoms with Crippen LogP contribution in [-0.2, 0) is 16.4 Å². The predicted molar refractivity (Wildman–Crippen MR) is 125 cm³/mol. The minimum absolute atomic E-state index is 0.0885. The summed E-state index contributed by atoms with van der Waals surface area (Å²) in [6.07, 6.45) is 1.68. The Morgan fingerprint density at radius 2 is 1.65 bits per heavy atom. The van der Waals surface area contributed by atoms with Crippen molar-refractivity contribution in [1.29, 1.82) is 0 Å². The van der Waals surface area contributed by atoms with Gasteiger partial charge in [-0.2, -0.15) is 0 Å². The molecule has 0 spiro atoms. The van der Waals surface area contributed by atoms with Crippen molar-refractivity contribution in [2.24, 2.45) is 0 Å². The number of aryl methyl sites for hydroxylation is 3. The summed E-state index contributed by atoms with van der Waals surface area (Å²) in [6, 6.07) is 21.8. The molecule has 0 aromatic heterocycles. The zero-order valence-electron chi connectivity index (χ0n) is 18.1. The second kappa shape index (κ2) is 9.79. The lowest BCUT2D eigenvalue weighted by Gasteiger charge is -2.21. The molecule has 0 saturated heterocycles. The predicted octanol–water partition coefficient (Wildman–Crippen LogP) is 4.49. The number of para-hydroxylation sites is 1. The number of hydrogen-bond acceptors (Lipinski definition) is 3. The number of rotatable bonds is 8. The third-order valence-corrected chi connectivity index (χ3v) is 7.03. The van der Waals surface area contributed by atoms with Gasteiger partial charge >= 0.3 is 0 Å². The molecule has 31 heavy (non-hydrogen) atoms. The molecular weight excluding hydrogens is 408 g/mol. The zero-order valence-corrected chi connectivity index (χ0v) is 18.9. The van der Waals surface area contributed by atoms with Crippen molar-refractivity contribution >= 4 is 21.6 Å². The van der Waals surface area contributed by atoms with Crippen LogP contribution in [0.3, 0.4) is 0 Å². The number of carbonyl (C=O) groups is 1. The van der Waals surface area contributed by atoms with E-state index in [0.717, 1.165) is 18.4 Å². The summed E-state index contributed by atoms with van der Waals surface area (Å²) < 4.78 is 27.4. The van der Waals surface area contributed by atoms with Crippen molar-refractivity contribution < 1.29 is 13.2 Å². The summed E-state index contributed by atoms with van der Waals surface area (Å²) in [5.41, 5.74) is 4.24. The van der Waals surface area contributed by atoms with Gasteiger partial charge in [0.1, 0.15) is 0 Å². The van der Waals surface area contributed by atoms with Gasteiger partial charge in [0, 0.05) is 19.2 Å². The first-order valence-electron chi connectivity index (χ1n) is 10.3. The molecule has 1 amide bonds. The monoisotopic (exact) mass is 436 g/mol. The highest BCUT2D eigenvalue weighted by atomic mass is 32.2. The molecule has 3 aromatic rings. The lowest BCUT2D eigenvalue weighted by atomic mass is 10.1. The summed E-state index contributed by atoms with van der Waals surface area (Å²) in [5, 5.41) is 2.88. The quantitative estimate of drug-likeness (QED) is 0.529. The van der Waals surface area contributed by atoms with Crippen LogP contribution in [0.15, 0.2) is 77.7 Å². The van der Waals surface area contributed by atoms with Gasteiger partial charge in [0.25, 0.3) is 15.9 Å². The van der Waals surface area contributed by atoms with Crippen LogP contribution < -0.4 is 9.62 Å². The fraction of sp³-hybridized carbons (Fsp3) is 0.240. The SMILES string of the molecule is Cc1ccc(CCCNC(=O)c2cccc(S(=O)(=O)N(C)c3ccccc3C)c2)cc1. The van der Waals surface area contributed by atoms with Crippen molar-refractivity contribution in [3.63, 3.8) is 0 Å². The summed E-state index contributed by atoms with van der Waals surface area (Å²) >= 11 is 0. The van der Waals surface area contributed by atoms with Crippen molar-refractivity contribution in [3.8, 4) is 0 Å². The van der Waals surface area contributed by atoms with Crippen LogP contribution in [0.25, 0.3) is 0 Å². The molecule has 0 heterocycles. The molecule has 162 valence electrons. The Hall–Kier alpha value is -3.12. The number of hydrogen-bond donors (Lipinski definition) is 1. The third-order valence-electron chi connectivity index (χ3n) is 5.26. The average Bonchev–Trinajstić information content (AvgIpc) is 2.77. The molecule has 0 aliphatic heterocycles. The summed E-state index contributed by atoms with van der Waals surface area (Å²) in [7, 11) is -2.26. The topological polar surface area (TPSA) is 66.5 Å². The second-order valence-electron chi connectivity index (χ2n) is 7.63. The minimum Gasteiger partial charge on any atom is -0.352 e. The van der Waals surface area contributed by atoms with Gasteiger partial charge < -0.3 is 5.32 Å². The maximum atomic E-state index is 13.1. The van der Waals surface area contributed by atoms with Gasteiger partial charge in [-0.25, -0.2) is 8.42 Å². The molecule has 0 bridgehead atoms. The Morgan fingerprint density at radius 3 is 2.35 bits per heavy atom. The normalized spacial score (nSPS) is 11.2. The maximum absolute atomic E-state index is 13.1. The van der Waals surface area contributed by atoms with E-state index in [0.29, 0.717) is 17.8 Å². The molecule has 0 fully saturated rings. The highest BCUT2D eigenvalue weighted by Gasteiger charge is 2.23. The molecule has 0 unspecified atom stereocenters. The molecule has 3 rings (SSSR count). The number of nitrogens with one attached hydrogen (secondary N) is 1. The van der Waals surface area contributed by atoms with Gasteiger partial charge in [0.15, 0.2) is 0 Å². The highest BCUT2D eigenvalue weighted by molar-refractivity contribution is 7.92. The van der Waals surface area contributed by atoms with Crippen LogP contribution in [0, 0.1) is 13.8 Å². The van der Waals surface area contributed by atoms with Crippen LogP contribution >= 0.6 is 0 Å². The lowest BCUT2D eigenvalue weighted by molar-refractivity contribution is 0.0953. The highest BCUT2D eigenvalue weighted by Crippen LogP contribution is 2.25. The summed E-state index contributed by atoms with van der Waals surface area (Å²) in [4.78, 5) is 12.6. The number of amides is 1. The van der Waals surface area contributed by atoms with Crippen molar-refractivity contribution in [2.75, 3.05) is 17.9 Å². The Balaban J connectivity index is 1.65. The summed E-state index contributed by atoms with van der Waals surface area (Å²) in [6.45, 7) is 4.44. The van der Waals surface area contributed by atoms with E-state index in [1.807, 2.05) is 19.1 Å². The Kier molecular flexibility index (Phi) is 7.13. The zero-order chi connectivity index (χ0) is 22.4. The maximum Gasteiger partial charge on any atom is 0.264 e. The summed E-state index contributed by atoms with van der Waals surface area (Å²) in [5.74, 6) is -0.278. The first-order chi connectivity index (χ1) is 14.8. The van der Waals surface area contributed by atoms with Crippen LogP contribution in [0.2, 0.25) is 0 Å². The fourth-order valence-corrected chi connectivity index (χ4v) is 4.66. The van der Waals surface area contributed by atoms with E-state index < -0.39 is 10.0 Å². The van der Waals surface area contributed by atoms with E-state index in [1.165, 1.54) is 34.6 Å². The first kappa shape index (κ1) is 22.6. The van der Waals surface area contributed by atoms with Gasteiger partial charge in [0.2, 0.25) is 0 Å². The lowest BCUT2D eigenvalue weighted by Crippen LogP contribution is -2.28. The molecule has 0 radical (unpaired) electrons. The van der Waals surface area contributed by atoms with Crippen molar-refractivity contribution in [2.45, 2.75) is 31.6 Å². The first-order valence-corrected chi connectivity index (χ1v) is 11.7. The minimum atomic E-state index is -3.78. The van der Waals surface area contributed by atoms with Gasteiger partial charge in [-0.1, -0.05) is 54.1 Å². The van der Waals surface area contributed by atoms with E-state index in [-0.39, 0.29) is 10.8 Å². The van der Waals surface area contributed by atoms with Gasteiger partial charge in [-0.05, 0) is 62.1 Å². The molecule has 0 aliphatic rings. The number of benzene rings is 3. The van der Waals surface area contributed by atoms with Crippen LogP contribution in [-0.4, -0.2) is 27.9 Å². The van der Waals surface area contributed by atoms with Gasteiger partial charge in [-0.3, -0.25) is 9.10 Å². The largest absolute Gasteiger partial charge is 0.352 e. The number of carbonyl (C=O) groups excluding carboxylic acids is 1. The fourth-order valence-electron chi connectivity index (χ4n) is 3.35. The third kappa shape index (κ3) is 5.52. The molecule has 6 heteroatoms. The van der Waals surface area contributed by atoms with E-state index in [4.69, 9.17) is 0 Å². The molecule has 3 aromatic carbocycles. The van der Waals surface area contributed by atoms with Crippen LogP contribution in [0.4, 0.5) is 5.69 Å². The molecule has 0 saturated carbocycles. The van der Waals surface area contributed by atoms with E-state index in [1.54, 1.807) is 24.3 Å². The molecule has 0 aliphatic carbocycles. The Bertz CT molecular complexity index is 1160. The smallest absolute Gasteiger partial charge is 0.264 e. The van der Waals surface area contributed by atoms with Gasteiger partial charge in [0.05, 0.1) is 10.6 Å². The van der Waals surface area contributed by atoms with Crippen LogP contribution in [0.5, 0.6) is 0 Å². The number of nitrogens with zero attached hydrogens (tertiary/aromatic N) is 1. The van der Waals surface area contributed by atoms with Crippen LogP contribution in [0.1, 0.15) is 33.5 Å². The molecule has 5 nitrogen and oxygen atoms in total. The van der Waals surface area contributed by atoms with E-state index in [2.05, 4.69) is 36.5 Å². The number of anilines is 1. The average molecular weight is 437 g/mol. The molecular formula is C25H28N2O3S. The van der Waals surface area contributed by atoms with E-state index in [9.17, 15) is 13.2 Å². The molecule has 0 atom stereocenters. The van der Waals surface area contributed by atoms with E-state index >= 15 is 0 Å².